The van der Waals surface area contributed by atoms with Crippen molar-refractivity contribution in [3.63, 3.8) is 0 Å². The van der Waals surface area contributed by atoms with E-state index in [1.165, 1.54) is 17.0 Å². The molecule has 1 amide bonds. The Bertz CT molecular complexity index is 544. The molecule has 2 rings (SSSR count). The highest BCUT2D eigenvalue weighted by Crippen LogP contribution is 2.30. The normalized spacial score (nSPS) is 16.9. The molecule has 0 bridgehead atoms. The number of amides is 1. The van der Waals surface area contributed by atoms with Gasteiger partial charge in [-0.05, 0) is 31.0 Å². The summed E-state index contributed by atoms with van der Waals surface area (Å²) < 4.78 is 38.0. The second-order valence-corrected chi connectivity index (χ2v) is 5.26. The van der Waals surface area contributed by atoms with Crippen molar-refractivity contribution in [3.8, 4) is 0 Å². The van der Waals surface area contributed by atoms with Crippen molar-refractivity contribution in [1.82, 2.24) is 4.90 Å². The van der Waals surface area contributed by atoms with Crippen LogP contribution in [-0.4, -0.2) is 29.7 Å². The summed E-state index contributed by atoms with van der Waals surface area (Å²) in [6.07, 6.45) is -2.48. The minimum absolute atomic E-state index is 0.0178. The minimum atomic E-state index is -4.47. The summed E-state index contributed by atoms with van der Waals surface area (Å²) in [5.41, 5.74) is -0.815. The van der Waals surface area contributed by atoms with Crippen LogP contribution >= 0.6 is 0 Å². The topological polar surface area (TPSA) is 37.4 Å². The predicted molar refractivity (Wildman–Crippen MR) is 70.8 cm³/mol. The molecule has 1 aliphatic rings. The lowest BCUT2D eigenvalue weighted by Gasteiger charge is -2.31. The van der Waals surface area contributed by atoms with Gasteiger partial charge >= 0.3 is 6.18 Å². The quantitative estimate of drug-likeness (QED) is 0.840. The highest BCUT2D eigenvalue weighted by Gasteiger charge is 2.32. The summed E-state index contributed by atoms with van der Waals surface area (Å²) in [7, 11) is 1.57. The number of alkyl halides is 3. The highest BCUT2D eigenvalue weighted by molar-refractivity contribution is 5.94. The molecule has 0 aliphatic heterocycles. The first-order valence-electron chi connectivity index (χ1n) is 6.75. The van der Waals surface area contributed by atoms with Crippen LogP contribution in [0.15, 0.2) is 24.3 Å². The standard InChI is InChI=1S/C15H16F3NO2/c1-19(12-5-7-13(20)8-6-12)14(21)10-3-2-4-11(9-10)15(16,17)18/h2-4,9,12H,5-8H2,1H3. The van der Waals surface area contributed by atoms with Gasteiger partial charge in [-0.15, -0.1) is 0 Å². The Labute approximate surface area is 120 Å². The Morgan fingerprint density at radius 3 is 2.43 bits per heavy atom. The molecule has 0 aromatic heterocycles. The molecule has 21 heavy (non-hydrogen) atoms. The molecule has 3 nitrogen and oxygen atoms in total. The Kier molecular flexibility index (Phi) is 4.34. The monoisotopic (exact) mass is 299 g/mol. The first-order chi connectivity index (χ1) is 9.79. The van der Waals surface area contributed by atoms with Crippen LogP contribution in [0.2, 0.25) is 0 Å². The van der Waals surface area contributed by atoms with E-state index in [0.717, 1.165) is 12.1 Å². The van der Waals surface area contributed by atoms with E-state index >= 15 is 0 Å². The maximum Gasteiger partial charge on any atom is 0.416 e. The van der Waals surface area contributed by atoms with Crippen LogP contribution in [0.25, 0.3) is 0 Å². The second-order valence-electron chi connectivity index (χ2n) is 5.26. The number of benzene rings is 1. The van der Waals surface area contributed by atoms with Gasteiger partial charge in [0.25, 0.3) is 5.91 Å². The van der Waals surface area contributed by atoms with Gasteiger partial charge in [-0.3, -0.25) is 9.59 Å². The predicted octanol–water partition coefficient (Wildman–Crippen LogP) is 3.29. The van der Waals surface area contributed by atoms with Gasteiger partial charge < -0.3 is 4.90 Å². The van der Waals surface area contributed by atoms with E-state index in [1.54, 1.807) is 7.05 Å². The molecule has 1 aliphatic carbocycles. The molecule has 0 spiro atoms. The van der Waals surface area contributed by atoms with Gasteiger partial charge in [-0.1, -0.05) is 6.07 Å². The third-order valence-corrected chi connectivity index (χ3v) is 3.82. The van der Waals surface area contributed by atoms with Crippen molar-refractivity contribution in [2.24, 2.45) is 0 Å². The van der Waals surface area contributed by atoms with E-state index < -0.39 is 17.6 Å². The average molecular weight is 299 g/mol. The number of hydrogen-bond donors (Lipinski definition) is 0. The second kappa shape index (κ2) is 5.87. The van der Waals surface area contributed by atoms with Crippen molar-refractivity contribution in [2.45, 2.75) is 37.9 Å². The fourth-order valence-electron chi connectivity index (χ4n) is 2.51. The molecule has 1 saturated carbocycles. The first kappa shape index (κ1) is 15.5. The SMILES string of the molecule is CN(C(=O)c1cccc(C(F)(F)F)c1)C1CCC(=O)CC1. The number of Topliss-reactive ketones (excluding diaryl/α,β-unsaturated/α-hetero) is 1. The molecule has 0 radical (unpaired) electrons. The molecule has 1 aromatic carbocycles. The Hall–Kier alpha value is -1.85. The lowest BCUT2D eigenvalue weighted by atomic mass is 9.93. The van der Waals surface area contributed by atoms with Crippen molar-refractivity contribution in [1.29, 1.82) is 0 Å². The van der Waals surface area contributed by atoms with Gasteiger partial charge in [0.05, 0.1) is 5.56 Å². The molecule has 0 N–H and O–H groups in total. The van der Waals surface area contributed by atoms with E-state index in [1.807, 2.05) is 0 Å². The average Bonchev–Trinajstić information content (AvgIpc) is 2.46. The van der Waals surface area contributed by atoms with Gasteiger partial charge in [-0.25, -0.2) is 0 Å². The van der Waals surface area contributed by atoms with Crippen LogP contribution < -0.4 is 0 Å². The van der Waals surface area contributed by atoms with Crippen LogP contribution in [0.4, 0.5) is 13.2 Å². The van der Waals surface area contributed by atoms with Crippen molar-refractivity contribution < 1.29 is 22.8 Å². The number of carbonyl (C=O) groups is 2. The smallest absolute Gasteiger partial charge is 0.339 e. The van der Waals surface area contributed by atoms with Gasteiger partial charge in [-0.2, -0.15) is 13.2 Å². The summed E-state index contributed by atoms with van der Waals surface area (Å²) in [5, 5.41) is 0. The maximum atomic E-state index is 12.7. The fourth-order valence-corrected chi connectivity index (χ4v) is 2.51. The van der Waals surface area contributed by atoms with Crippen LogP contribution in [0.3, 0.4) is 0 Å². The Balaban J connectivity index is 2.14. The Morgan fingerprint density at radius 1 is 1.24 bits per heavy atom. The van der Waals surface area contributed by atoms with Crippen molar-refractivity contribution >= 4 is 11.7 Å². The van der Waals surface area contributed by atoms with Crippen molar-refractivity contribution in [3.05, 3.63) is 35.4 Å². The van der Waals surface area contributed by atoms with Gasteiger partial charge in [0.15, 0.2) is 0 Å². The number of hydrogen-bond acceptors (Lipinski definition) is 2. The molecule has 0 saturated heterocycles. The Morgan fingerprint density at radius 2 is 1.86 bits per heavy atom. The maximum absolute atomic E-state index is 12.7. The van der Waals surface area contributed by atoms with E-state index in [4.69, 9.17) is 0 Å². The molecule has 0 heterocycles. The zero-order valence-electron chi connectivity index (χ0n) is 11.6. The van der Waals surface area contributed by atoms with E-state index in [2.05, 4.69) is 0 Å². The first-order valence-corrected chi connectivity index (χ1v) is 6.75. The summed E-state index contributed by atoms with van der Waals surface area (Å²) >= 11 is 0. The van der Waals surface area contributed by atoms with E-state index in [9.17, 15) is 22.8 Å². The lowest BCUT2D eigenvalue weighted by molar-refractivity contribution is -0.137. The van der Waals surface area contributed by atoms with E-state index in [0.29, 0.717) is 25.7 Å². The molecule has 1 fully saturated rings. The molecule has 6 heteroatoms. The largest absolute Gasteiger partial charge is 0.416 e. The van der Waals surface area contributed by atoms with E-state index in [-0.39, 0.29) is 17.4 Å². The number of nitrogens with zero attached hydrogens (tertiary/aromatic N) is 1. The molecular formula is C15H16F3NO2. The summed E-state index contributed by atoms with van der Waals surface area (Å²) in [6.45, 7) is 0. The van der Waals surface area contributed by atoms with Crippen LogP contribution in [0.5, 0.6) is 0 Å². The molecule has 0 atom stereocenters. The number of rotatable bonds is 2. The summed E-state index contributed by atoms with van der Waals surface area (Å²) in [6, 6.07) is 4.32. The summed E-state index contributed by atoms with van der Waals surface area (Å²) in [4.78, 5) is 24.9. The number of ketones is 1. The van der Waals surface area contributed by atoms with Crippen LogP contribution in [0.1, 0.15) is 41.6 Å². The third kappa shape index (κ3) is 3.62. The minimum Gasteiger partial charge on any atom is -0.339 e. The highest BCUT2D eigenvalue weighted by atomic mass is 19.4. The molecule has 1 aromatic rings. The molecule has 114 valence electrons. The third-order valence-electron chi connectivity index (χ3n) is 3.82. The lowest BCUT2D eigenvalue weighted by Crippen LogP contribution is -2.39. The van der Waals surface area contributed by atoms with Gasteiger partial charge in [0.1, 0.15) is 5.78 Å². The molecular weight excluding hydrogens is 283 g/mol. The number of carbonyl (C=O) groups excluding carboxylic acids is 2. The zero-order valence-corrected chi connectivity index (χ0v) is 11.6. The summed E-state index contributed by atoms with van der Waals surface area (Å²) in [5.74, 6) is -0.272. The fraction of sp³-hybridized carbons (Fsp3) is 0.467. The molecule has 0 unspecified atom stereocenters. The van der Waals surface area contributed by atoms with Crippen LogP contribution in [0, 0.1) is 0 Å². The zero-order chi connectivity index (χ0) is 15.6. The van der Waals surface area contributed by atoms with Crippen LogP contribution in [-0.2, 0) is 11.0 Å². The van der Waals surface area contributed by atoms with Gasteiger partial charge in [0.2, 0.25) is 0 Å². The number of halogens is 3. The van der Waals surface area contributed by atoms with Gasteiger partial charge in [0, 0.05) is 31.5 Å². The van der Waals surface area contributed by atoms with Crippen molar-refractivity contribution in [2.75, 3.05) is 7.05 Å².